The van der Waals surface area contributed by atoms with Crippen LogP contribution in [0.4, 0.5) is 0 Å². The van der Waals surface area contributed by atoms with Crippen LogP contribution in [-0.2, 0) is 14.3 Å². The van der Waals surface area contributed by atoms with Crippen molar-refractivity contribution in [1.82, 2.24) is 4.90 Å². The molecular weight excluding hydrogens is 232 g/mol. The van der Waals surface area contributed by atoms with E-state index in [4.69, 9.17) is 10.5 Å². The molecule has 0 aromatic heterocycles. The highest BCUT2D eigenvalue weighted by molar-refractivity contribution is 5.77. The molecule has 0 saturated carbocycles. The van der Waals surface area contributed by atoms with Gasteiger partial charge in [0.15, 0.2) is 0 Å². The van der Waals surface area contributed by atoms with Crippen LogP contribution in [-0.4, -0.2) is 41.5 Å². The molecule has 1 saturated heterocycles. The molecule has 1 rings (SSSR count). The molecule has 1 heterocycles. The topological polar surface area (TPSA) is 72.6 Å². The highest BCUT2D eigenvalue weighted by Crippen LogP contribution is 2.21. The monoisotopic (exact) mass is 256 g/mol. The number of esters is 1. The van der Waals surface area contributed by atoms with Gasteiger partial charge >= 0.3 is 5.97 Å². The normalized spacial score (nSPS) is 22.5. The van der Waals surface area contributed by atoms with Crippen LogP contribution in [0.15, 0.2) is 0 Å². The van der Waals surface area contributed by atoms with E-state index in [9.17, 15) is 9.59 Å². The lowest BCUT2D eigenvalue weighted by atomic mass is 9.91. The van der Waals surface area contributed by atoms with E-state index < -0.39 is 11.6 Å². The fourth-order valence-electron chi connectivity index (χ4n) is 2.15. The summed E-state index contributed by atoms with van der Waals surface area (Å²) in [5.41, 5.74) is 5.42. The Morgan fingerprint density at radius 3 is 2.50 bits per heavy atom. The Balaban J connectivity index is 2.58. The summed E-state index contributed by atoms with van der Waals surface area (Å²) in [5.74, 6) is -0.341. The number of nitrogens with zero attached hydrogens (tertiary/aromatic N) is 1. The molecule has 18 heavy (non-hydrogen) atoms. The predicted molar refractivity (Wildman–Crippen MR) is 68.8 cm³/mol. The average Bonchev–Trinajstić information content (AvgIpc) is 2.26. The van der Waals surface area contributed by atoms with Crippen LogP contribution >= 0.6 is 0 Å². The van der Waals surface area contributed by atoms with Crippen molar-refractivity contribution in [3.05, 3.63) is 0 Å². The van der Waals surface area contributed by atoms with Crippen molar-refractivity contribution in [3.63, 3.8) is 0 Å². The molecule has 0 radical (unpaired) electrons. The third-order valence-corrected chi connectivity index (χ3v) is 3.09. The molecule has 0 bridgehead atoms. The van der Waals surface area contributed by atoms with Crippen molar-refractivity contribution in [1.29, 1.82) is 0 Å². The Morgan fingerprint density at radius 1 is 1.39 bits per heavy atom. The number of likely N-dealkylation sites (tertiary alicyclic amines) is 1. The minimum atomic E-state index is -0.647. The molecule has 0 aromatic rings. The van der Waals surface area contributed by atoms with Gasteiger partial charge in [0.1, 0.15) is 11.6 Å². The SMILES string of the molecule is CC(=O)N1CCCC(C(N)C(=O)OC(C)(C)C)C1. The smallest absolute Gasteiger partial charge is 0.323 e. The molecule has 1 aliphatic heterocycles. The van der Waals surface area contributed by atoms with Crippen molar-refractivity contribution in [2.75, 3.05) is 13.1 Å². The zero-order valence-corrected chi connectivity index (χ0v) is 11.7. The molecule has 1 aliphatic rings. The highest BCUT2D eigenvalue weighted by Gasteiger charge is 2.32. The van der Waals surface area contributed by atoms with Gasteiger partial charge in [-0.15, -0.1) is 0 Å². The van der Waals surface area contributed by atoms with Crippen LogP contribution in [0.1, 0.15) is 40.5 Å². The number of ether oxygens (including phenoxy) is 1. The molecule has 0 spiro atoms. The molecule has 5 heteroatoms. The van der Waals surface area contributed by atoms with Crippen molar-refractivity contribution in [3.8, 4) is 0 Å². The number of carbonyl (C=O) groups excluding carboxylic acids is 2. The van der Waals surface area contributed by atoms with Gasteiger partial charge in [0.2, 0.25) is 5.91 Å². The molecule has 2 atom stereocenters. The second-order valence-electron chi connectivity index (χ2n) is 5.93. The van der Waals surface area contributed by atoms with Crippen LogP contribution in [0.25, 0.3) is 0 Å². The minimum Gasteiger partial charge on any atom is -0.459 e. The van der Waals surface area contributed by atoms with E-state index in [0.29, 0.717) is 6.54 Å². The highest BCUT2D eigenvalue weighted by atomic mass is 16.6. The Morgan fingerprint density at radius 2 is 2.00 bits per heavy atom. The number of piperidine rings is 1. The summed E-state index contributed by atoms with van der Waals surface area (Å²) >= 11 is 0. The van der Waals surface area contributed by atoms with Gasteiger partial charge in [-0.2, -0.15) is 0 Å². The molecule has 2 N–H and O–H groups in total. The number of hydrogen-bond acceptors (Lipinski definition) is 4. The maximum atomic E-state index is 11.9. The van der Waals surface area contributed by atoms with Crippen molar-refractivity contribution < 1.29 is 14.3 Å². The molecular formula is C13H24N2O3. The van der Waals surface area contributed by atoms with Crippen LogP contribution in [0.5, 0.6) is 0 Å². The summed E-state index contributed by atoms with van der Waals surface area (Å²) in [7, 11) is 0. The molecule has 1 amide bonds. The minimum absolute atomic E-state index is 0.00231. The van der Waals surface area contributed by atoms with Crippen LogP contribution in [0.3, 0.4) is 0 Å². The van der Waals surface area contributed by atoms with E-state index in [1.165, 1.54) is 0 Å². The maximum Gasteiger partial charge on any atom is 0.323 e. The van der Waals surface area contributed by atoms with Gasteiger partial charge in [-0.1, -0.05) is 0 Å². The number of carbonyl (C=O) groups is 2. The van der Waals surface area contributed by atoms with E-state index in [1.807, 2.05) is 20.8 Å². The molecule has 0 aliphatic carbocycles. The van der Waals surface area contributed by atoms with Gasteiger partial charge < -0.3 is 15.4 Å². The van der Waals surface area contributed by atoms with Crippen LogP contribution in [0.2, 0.25) is 0 Å². The zero-order chi connectivity index (χ0) is 13.9. The van der Waals surface area contributed by atoms with E-state index >= 15 is 0 Å². The number of hydrogen-bond donors (Lipinski definition) is 1. The van der Waals surface area contributed by atoms with Crippen molar-refractivity contribution in [2.45, 2.75) is 52.2 Å². The quantitative estimate of drug-likeness (QED) is 0.745. The van der Waals surface area contributed by atoms with Gasteiger partial charge in [-0.25, -0.2) is 0 Å². The fraction of sp³-hybridized carbons (Fsp3) is 0.846. The summed E-state index contributed by atoms with van der Waals surface area (Å²) in [6, 6.07) is -0.647. The number of rotatable bonds is 2. The van der Waals surface area contributed by atoms with Gasteiger partial charge in [-0.3, -0.25) is 9.59 Å². The second-order valence-corrected chi connectivity index (χ2v) is 5.93. The lowest BCUT2D eigenvalue weighted by Gasteiger charge is -2.35. The first kappa shape index (κ1) is 15.0. The molecule has 5 nitrogen and oxygen atoms in total. The van der Waals surface area contributed by atoms with Crippen molar-refractivity contribution >= 4 is 11.9 Å². The third kappa shape index (κ3) is 4.29. The summed E-state index contributed by atoms with van der Waals surface area (Å²) in [6.45, 7) is 8.31. The predicted octanol–water partition coefficient (Wildman–Crippen LogP) is 0.914. The first-order valence-corrected chi connectivity index (χ1v) is 6.44. The van der Waals surface area contributed by atoms with Crippen molar-refractivity contribution in [2.24, 2.45) is 11.7 Å². The van der Waals surface area contributed by atoms with Gasteiger partial charge in [0, 0.05) is 25.9 Å². The average molecular weight is 256 g/mol. The summed E-state index contributed by atoms with van der Waals surface area (Å²) in [5, 5.41) is 0. The lowest BCUT2D eigenvalue weighted by Crippen LogP contribution is -2.50. The summed E-state index contributed by atoms with van der Waals surface area (Å²) < 4.78 is 5.28. The molecule has 0 aromatic carbocycles. The number of amides is 1. The van der Waals surface area contributed by atoms with Crippen LogP contribution in [0, 0.1) is 5.92 Å². The Kier molecular flexibility index (Phi) is 4.73. The standard InChI is InChI=1S/C13H24N2O3/c1-9(16)15-7-5-6-10(8-15)11(14)12(17)18-13(2,3)4/h10-11H,5-8,14H2,1-4H3. The van der Waals surface area contributed by atoms with Gasteiger partial charge in [-0.05, 0) is 33.6 Å². The summed E-state index contributed by atoms with van der Waals surface area (Å²) in [4.78, 5) is 25.0. The Labute approximate surface area is 109 Å². The van der Waals surface area contributed by atoms with Gasteiger partial charge in [0.05, 0.1) is 0 Å². The third-order valence-electron chi connectivity index (χ3n) is 3.09. The van der Waals surface area contributed by atoms with Gasteiger partial charge in [0.25, 0.3) is 0 Å². The largest absolute Gasteiger partial charge is 0.459 e. The Hall–Kier alpha value is -1.10. The Bertz CT molecular complexity index is 323. The van der Waals surface area contributed by atoms with E-state index in [2.05, 4.69) is 0 Å². The molecule has 1 fully saturated rings. The van der Waals surface area contributed by atoms with E-state index in [0.717, 1.165) is 19.4 Å². The number of nitrogens with two attached hydrogens (primary N) is 1. The lowest BCUT2D eigenvalue weighted by molar-refractivity contribution is -0.159. The molecule has 104 valence electrons. The first-order valence-electron chi connectivity index (χ1n) is 6.44. The maximum absolute atomic E-state index is 11.9. The zero-order valence-electron chi connectivity index (χ0n) is 11.7. The van der Waals surface area contributed by atoms with Crippen LogP contribution < -0.4 is 5.73 Å². The first-order chi connectivity index (χ1) is 8.20. The van der Waals surface area contributed by atoms with E-state index in [1.54, 1.807) is 11.8 Å². The fourth-order valence-corrected chi connectivity index (χ4v) is 2.15. The van der Waals surface area contributed by atoms with E-state index in [-0.39, 0.29) is 17.8 Å². The molecule has 2 unspecified atom stereocenters. The summed E-state index contributed by atoms with van der Waals surface area (Å²) in [6.07, 6.45) is 1.75. The second kappa shape index (κ2) is 5.69.